The van der Waals surface area contributed by atoms with Crippen LogP contribution in [0.4, 0.5) is 5.69 Å². The molecule has 0 saturated heterocycles. The number of nitro benzene ring substituents is 1. The summed E-state index contributed by atoms with van der Waals surface area (Å²) in [7, 11) is 1.49. The van der Waals surface area contributed by atoms with Gasteiger partial charge in [0.05, 0.1) is 16.5 Å². The molecule has 0 radical (unpaired) electrons. The fourth-order valence-corrected chi connectivity index (χ4v) is 4.06. The number of rotatable bonds is 8. The number of benzene rings is 2. The zero-order chi connectivity index (χ0) is 23.1. The molecule has 0 aliphatic heterocycles. The molecule has 0 heterocycles. The Hall–Kier alpha value is -3.38. The minimum Gasteiger partial charge on any atom is -0.493 e. The molecular formula is C23H22BrN3O5. The predicted molar refractivity (Wildman–Crippen MR) is 122 cm³/mol. The van der Waals surface area contributed by atoms with Gasteiger partial charge in [0.25, 0.3) is 11.6 Å². The fraction of sp³-hybridized carbons (Fsp3) is 0.304. The van der Waals surface area contributed by atoms with Crippen molar-refractivity contribution in [2.75, 3.05) is 7.11 Å². The van der Waals surface area contributed by atoms with Crippen LogP contribution in [0.25, 0.3) is 6.08 Å². The molecule has 0 bridgehead atoms. The normalized spacial score (nSPS) is 14.0. The van der Waals surface area contributed by atoms with Crippen molar-refractivity contribution in [3.63, 3.8) is 0 Å². The second-order valence-corrected chi connectivity index (χ2v) is 8.23. The number of methoxy groups -OCH3 is 1. The van der Waals surface area contributed by atoms with Crippen molar-refractivity contribution >= 4 is 33.6 Å². The maximum absolute atomic E-state index is 12.5. The largest absolute Gasteiger partial charge is 0.493 e. The van der Waals surface area contributed by atoms with E-state index in [9.17, 15) is 20.2 Å². The number of carbonyl (C=O) groups is 1. The lowest BCUT2D eigenvalue weighted by Gasteiger charge is -2.14. The van der Waals surface area contributed by atoms with Gasteiger partial charge >= 0.3 is 0 Å². The van der Waals surface area contributed by atoms with E-state index in [2.05, 4.69) is 21.2 Å². The van der Waals surface area contributed by atoms with Crippen molar-refractivity contribution in [1.82, 2.24) is 5.32 Å². The van der Waals surface area contributed by atoms with E-state index in [4.69, 9.17) is 9.47 Å². The molecule has 1 aliphatic rings. The van der Waals surface area contributed by atoms with E-state index in [-0.39, 0.29) is 29.8 Å². The molecule has 8 nitrogen and oxygen atoms in total. The second-order valence-electron chi connectivity index (χ2n) is 7.37. The molecule has 3 rings (SSSR count). The van der Waals surface area contributed by atoms with Gasteiger partial charge in [-0.25, -0.2) is 0 Å². The average Bonchev–Trinajstić information content (AvgIpc) is 3.29. The molecule has 1 fully saturated rings. The first-order chi connectivity index (χ1) is 15.4. The minimum atomic E-state index is -0.458. The summed E-state index contributed by atoms with van der Waals surface area (Å²) >= 11 is 3.46. The Balaban J connectivity index is 1.76. The summed E-state index contributed by atoms with van der Waals surface area (Å²) in [6.07, 6.45) is 5.55. The third kappa shape index (κ3) is 5.86. The summed E-state index contributed by atoms with van der Waals surface area (Å²) in [4.78, 5) is 22.8. The van der Waals surface area contributed by atoms with Crippen molar-refractivity contribution in [1.29, 1.82) is 5.26 Å². The number of nitrogens with one attached hydrogen (secondary N) is 1. The van der Waals surface area contributed by atoms with Gasteiger partial charge in [-0.3, -0.25) is 14.9 Å². The highest BCUT2D eigenvalue weighted by molar-refractivity contribution is 9.10. The number of ether oxygens (including phenoxy) is 2. The van der Waals surface area contributed by atoms with Gasteiger partial charge in [0.1, 0.15) is 18.2 Å². The highest BCUT2D eigenvalue weighted by Gasteiger charge is 2.20. The molecule has 166 valence electrons. The first kappa shape index (κ1) is 23.3. The van der Waals surface area contributed by atoms with E-state index < -0.39 is 4.92 Å². The van der Waals surface area contributed by atoms with Gasteiger partial charge < -0.3 is 14.8 Å². The molecule has 1 aliphatic carbocycles. The standard InChI is InChI=1S/C23H22BrN3O5/c1-31-21-12-16(10-17(13-25)23(28)26-18-4-2-3-5-18)11-20(24)22(21)32-14-15-6-8-19(9-7-15)27(29)30/h6-12,18H,2-5,14H2,1H3,(H,26,28)/b17-10-. The van der Waals surface area contributed by atoms with Crippen molar-refractivity contribution in [3.8, 4) is 17.6 Å². The van der Waals surface area contributed by atoms with Crippen LogP contribution in [0.3, 0.4) is 0 Å². The van der Waals surface area contributed by atoms with Crippen LogP contribution in [0.2, 0.25) is 0 Å². The summed E-state index contributed by atoms with van der Waals surface area (Å²) in [6, 6.07) is 11.6. The average molecular weight is 500 g/mol. The predicted octanol–water partition coefficient (Wildman–Crippen LogP) is 4.91. The Labute approximate surface area is 194 Å². The van der Waals surface area contributed by atoms with E-state index in [0.29, 0.717) is 21.5 Å². The van der Waals surface area contributed by atoms with Gasteiger partial charge in [0, 0.05) is 18.2 Å². The van der Waals surface area contributed by atoms with Gasteiger partial charge in [-0.2, -0.15) is 5.26 Å². The van der Waals surface area contributed by atoms with E-state index in [1.807, 2.05) is 6.07 Å². The molecule has 0 unspecified atom stereocenters. The zero-order valence-corrected chi connectivity index (χ0v) is 19.1. The SMILES string of the molecule is COc1cc(/C=C(/C#N)C(=O)NC2CCCC2)cc(Br)c1OCc1ccc([N+](=O)[O-])cc1. The van der Waals surface area contributed by atoms with Crippen LogP contribution in [0, 0.1) is 21.4 Å². The van der Waals surface area contributed by atoms with Gasteiger partial charge in [-0.1, -0.05) is 12.8 Å². The highest BCUT2D eigenvalue weighted by atomic mass is 79.9. The van der Waals surface area contributed by atoms with Crippen molar-refractivity contribution < 1.29 is 19.2 Å². The maximum Gasteiger partial charge on any atom is 0.269 e. The Kier molecular flexibility index (Phi) is 7.84. The second kappa shape index (κ2) is 10.8. The summed E-state index contributed by atoms with van der Waals surface area (Å²) in [5.74, 6) is 0.478. The van der Waals surface area contributed by atoms with Gasteiger partial charge in [0.15, 0.2) is 11.5 Å². The fourth-order valence-electron chi connectivity index (χ4n) is 3.48. The Morgan fingerprint density at radius 3 is 2.59 bits per heavy atom. The summed E-state index contributed by atoms with van der Waals surface area (Å²) in [6.45, 7) is 0.176. The van der Waals surface area contributed by atoms with Crippen molar-refractivity contribution in [2.45, 2.75) is 38.3 Å². The molecule has 1 N–H and O–H groups in total. The quantitative estimate of drug-likeness (QED) is 0.238. The van der Waals surface area contributed by atoms with Gasteiger partial charge in [0.2, 0.25) is 0 Å². The third-order valence-electron chi connectivity index (χ3n) is 5.15. The lowest BCUT2D eigenvalue weighted by Crippen LogP contribution is -2.33. The molecular weight excluding hydrogens is 478 g/mol. The monoisotopic (exact) mass is 499 g/mol. The highest BCUT2D eigenvalue weighted by Crippen LogP contribution is 2.38. The summed E-state index contributed by atoms with van der Waals surface area (Å²) in [5.41, 5.74) is 1.39. The summed E-state index contributed by atoms with van der Waals surface area (Å²) < 4.78 is 11.9. The van der Waals surface area contributed by atoms with E-state index in [0.717, 1.165) is 31.2 Å². The number of hydrogen-bond donors (Lipinski definition) is 1. The number of nitro groups is 1. The lowest BCUT2D eigenvalue weighted by molar-refractivity contribution is -0.384. The summed E-state index contributed by atoms with van der Waals surface area (Å²) in [5, 5.41) is 23.2. The smallest absolute Gasteiger partial charge is 0.269 e. The third-order valence-corrected chi connectivity index (χ3v) is 5.74. The number of nitriles is 1. The Morgan fingerprint density at radius 2 is 2.00 bits per heavy atom. The Morgan fingerprint density at radius 1 is 1.31 bits per heavy atom. The van der Waals surface area contributed by atoms with Crippen LogP contribution < -0.4 is 14.8 Å². The number of amides is 1. The lowest BCUT2D eigenvalue weighted by atomic mass is 10.1. The number of hydrogen-bond acceptors (Lipinski definition) is 6. The van der Waals surface area contributed by atoms with Crippen LogP contribution in [-0.4, -0.2) is 24.0 Å². The van der Waals surface area contributed by atoms with E-state index in [1.54, 1.807) is 24.3 Å². The molecule has 0 spiro atoms. The van der Waals surface area contributed by atoms with Crippen LogP contribution in [0.15, 0.2) is 46.4 Å². The minimum absolute atomic E-state index is 0.00826. The van der Waals surface area contributed by atoms with Gasteiger partial charge in [-0.15, -0.1) is 0 Å². The number of carbonyl (C=O) groups excluding carboxylic acids is 1. The Bertz CT molecular complexity index is 1070. The van der Waals surface area contributed by atoms with Crippen molar-refractivity contribution in [2.24, 2.45) is 0 Å². The molecule has 2 aromatic rings. The van der Waals surface area contributed by atoms with Gasteiger partial charge in [-0.05, 0) is 70.2 Å². The zero-order valence-electron chi connectivity index (χ0n) is 17.5. The molecule has 1 saturated carbocycles. The molecule has 9 heteroatoms. The van der Waals surface area contributed by atoms with Crippen LogP contribution in [-0.2, 0) is 11.4 Å². The van der Waals surface area contributed by atoms with Crippen LogP contribution >= 0.6 is 15.9 Å². The first-order valence-electron chi connectivity index (χ1n) is 10.1. The molecule has 0 aromatic heterocycles. The number of halogens is 1. The molecule has 0 atom stereocenters. The number of non-ortho nitro benzene ring substituents is 1. The molecule has 32 heavy (non-hydrogen) atoms. The topological polar surface area (TPSA) is 114 Å². The van der Waals surface area contributed by atoms with Crippen molar-refractivity contribution in [3.05, 3.63) is 67.7 Å². The van der Waals surface area contributed by atoms with Crippen LogP contribution in [0.1, 0.15) is 36.8 Å². The van der Waals surface area contributed by atoms with E-state index in [1.165, 1.54) is 25.3 Å². The maximum atomic E-state index is 12.5. The van der Waals surface area contributed by atoms with E-state index >= 15 is 0 Å². The number of nitrogens with zero attached hydrogens (tertiary/aromatic N) is 2. The molecule has 1 amide bonds. The van der Waals surface area contributed by atoms with Crippen LogP contribution in [0.5, 0.6) is 11.5 Å². The first-order valence-corrected chi connectivity index (χ1v) is 10.9. The molecule has 2 aromatic carbocycles.